The van der Waals surface area contributed by atoms with Crippen LogP contribution in [0.5, 0.6) is 0 Å². The van der Waals surface area contributed by atoms with Crippen LogP contribution < -0.4 is 5.32 Å². The number of carbonyl (C=O) groups excluding carboxylic acids is 1. The average Bonchev–Trinajstić information content (AvgIpc) is 2.89. The lowest BCUT2D eigenvalue weighted by Gasteiger charge is -2.04. The second-order valence-corrected chi connectivity index (χ2v) is 4.99. The Balaban J connectivity index is 2.32. The van der Waals surface area contributed by atoms with Crippen molar-refractivity contribution in [3.05, 3.63) is 46.8 Å². The molecule has 5 heteroatoms. The molecule has 1 aromatic carbocycles. The van der Waals surface area contributed by atoms with E-state index in [9.17, 15) is 9.59 Å². The quantitative estimate of drug-likeness (QED) is 0.901. The molecule has 0 spiro atoms. The molecule has 98 valence electrons. The van der Waals surface area contributed by atoms with Gasteiger partial charge in [0.2, 0.25) is 0 Å². The first-order valence-electron chi connectivity index (χ1n) is 5.83. The van der Waals surface area contributed by atoms with E-state index in [2.05, 4.69) is 5.32 Å². The maximum Gasteiger partial charge on any atom is 0.345 e. The van der Waals surface area contributed by atoms with Crippen molar-refractivity contribution in [1.29, 1.82) is 0 Å². The summed E-state index contributed by atoms with van der Waals surface area (Å²) >= 11 is 1.20. The molecule has 2 aromatic rings. The predicted octanol–water partition coefficient (Wildman–Crippen LogP) is 2.86. The van der Waals surface area contributed by atoms with Crippen LogP contribution in [-0.4, -0.2) is 23.5 Å². The maximum atomic E-state index is 11.7. The Morgan fingerprint density at radius 2 is 2.05 bits per heavy atom. The van der Waals surface area contributed by atoms with Crippen LogP contribution >= 0.6 is 11.3 Å². The zero-order chi connectivity index (χ0) is 13.8. The van der Waals surface area contributed by atoms with Crippen molar-refractivity contribution < 1.29 is 14.7 Å². The second kappa shape index (κ2) is 5.67. The molecule has 4 nitrogen and oxygen atoms in total. The number of thiophene rings is 1. The Morgan fingerprint density at radius 3 is 2.68 bits per heavy atom. The van der Waals surface area contributed by atoms with Crippen molar-refractivity contribution >= 4 is 23.2 Å². The van der Waals surface area contributed by atoms with Gasteiger partial charge in [0.25, 0.3) is 5.91 Å². The van der Waals surface area contributed by atoms with E-state index >= 15 is 0 Å². The number of amides is 1. The van der Waals surface area contributed by atoms with E-state index in [0.29, 0.717) is 17.0 Å². The van der Waals surface area contributed by atoms with E-state index in [0.717, 1.165) is 10.4 Å². The number of hydrogen-bond acceptors (Lipinski definition) is 3. The molecule has 0 radical (unpaired) electrons. The van der Waals surface area contributed by atoms with Crippen LogP contribution in [0.4, 0.5) is 0 Å². The van der Waals surface area contributed by atoms with Crippen LogP contribution in [-0.2, 0) is 0 Å². The molecule has 0 aliphatic rings. The van der Waals surface area contributed by atoms with Gasteiger partial charge < -0.3 is 10.4 Å². The van der Waals surface area contributed by atoms with Gasteiger partial charge in [-0.25, -0.2) is 4.79 Å². The summed E-state index contributed by atoms with van der Waals surface area (Å²) in [6.45, 7) is 2.44. The zero-order valence-electron chi connectivity index (χ0n) is 10.3. The van der Waals surface area contributed by atoms with E-state index in [1.165, 1.54) is 11.3 Å². The van der Waals surface area contributed by atoms with Crippen molar-refractivity contribution in [2.75, 3.05) is 6.54 Å². The Labute approximate surface area is 114 Å². The Kier molecular flexibility index (Phi) is 3.97. The fourth-order valence-electron chi connectivity index (χ4n) is 1.68. The summed E-state index contributed by atoms with van der Waals surface area (Å²) in [5.41, 5.74) is 1.42. The van der Waals surface area contributed by atoms with Crippen molar-refractivity contribution in [3.63, 3.8) is 0 Å². The fraction of sp³-hybridized carbons (Fsp3) is 0.143. The first-order valence-corrected chi connectivity index (χ1v) is 6.65. The van der Waals surface area contributed by atoms with Crippen LogP contribution in [0.3, 0.4) is 0 Å². The third-order valence-electron chi connectivity index (χ3n) is 2.56. The van der Waals surface area contributed by atoms with E-state index in [1.54, 1.807) is 30.3 Å². The number of hydrogen-bond donors (Lipinski definition) is 2. The zero-order valence-corrected chi connectivity index (χ0v) is 11.2. The SMILES string of the molecule is CCNC(=O)c1cccc(-c2ccc(C(=O)O)s2)c1. The molecule has 2 N–H and O–H groups in total. The highest BCUT2D eigenvalue weighted by atomic mass is 32.1. The molecule has 19 heavy (non-hydrogen) atoms. The predicted molar refractivity (Wildman–Crippen MR) is 74.7 cm³/mol. The molecule has 1 aromatic heterocycles. The van der Waals surface area contributed by atoms with Crippen LogP contribution in [0.25, 0.3) is 10.4 Å². The lowest BCUT2D eigenvalue weighted by Crippen LogP contribution is -2.22. The van der Waals surface area contributed by atoms with Crippen molar-refractivity contribution in [1.82, 2.24) is 5.32 Å². The monoisotopic (exact) mass is 275 g/mol. The molecule has 0 saturated carbocycles. The lowest BCUT2D eigenvalue weighted by atomic mass is 10.1. The minimum absolute atomic E-state index is 0.126. The van der Waals surface area contributed by atoms with Gasteiger partial charge in [0.15, 0.2) is 0 Å². The van der Waals surface area contributed by atoms with E-state index < -0.39 is 5.97 Å². The summed E-state index contributed by atoms with van der Waals surface area (Å²) in [6.07, 6.45) is 0. The molecule has 0 atom stereocenters. The normalized spacial score (nSPS) is 10.2. The maximum absolute atomic E-state index is 11.7. The fourth-order valence-corrected chi connectivity index (χ4v) is 2.53. The van der Waals surface area contributed by atoms with Crippen molar-refractivity contribution in [2.24, 2.45) is 0 Å². The van der Waals surface area contributed by atoms with E-state index in [-0.39, 0.29) is 5.91 Å². The molecule has 0 fully saturated rings. The summed E-state index contributed by atoms with van der Waals surface area (Å²) in [5.74, 6) is -1.06. The molecular weight excluding hydrogens is 262 g/mol. The molecule has 0 aliphatic heterocycles. The summed E-state index contributed by atoms with van der Waals surface area (Å²) in [7, 11) is 0. The molecule has 2 rings (SSSR count). The molecular formula is C14H13NO3S. The molecule has 0 saturated heterocycles. The van der Waals surface area contributed by atoms with Crippen molar-refractivity contribution in [2.45, 2.75) is 6.92 Å². The first kappa shape index (κ1) is 13.3. The number of carboxylic acids is 1. The number of benzene rings is 1. The summed E-state index contributed by atoms with van der Waals surface area (Å²) in [5, 5.41) is 11.6. The summed E-state index contributed by atoms with van der Waals surface area (Å²) < 4.78 is 0. The van der Waals surface area contributed by atoms with Gasteiger partial charge in [0, 0.05) is 17.0 Å². The van der Waals surface area contributed by atoms with Crippen molar-refractivity contribution in [3.8, 4) is 10.4 Å². The highest BCUT2D eigenvalue weighted by molar-refractivity contribution is 7.17. The number of carbonyl (C=O) groups is 2. The van der Waals surface area contributed by atoms with Crippen LogP contribution in [0.15, 0.2) is 36.4 Å². The van der Waals surface area contributed by atoms with Gasteiger partial charge in [0.1, 0.15) is 4.88 Å². The lowest BCUT2D eigenvalue weighted by molar-refractivity contribution is 0.0702. The smallest absolute Gasteiger partial charge is 0.345 e. The highest BCUT2D eigenvalue weighted by Crippen LogP contribution is 2.28. The van der Waals surface area contributed by atoms with Crippen LogP contribution in [0, 0.1) is 0 Å². The molecule has 0 bridgehead atoms. The number of nitrogens with one attached hydrogen (secondary N) is 1. The number of carboxylic acid groups (broad SMARTS) is 1. The standard InChI is InChI=1S/C14H13NO3S/c1-2-15-13(16)10-5-3-4-9(8-10)11-6-7-12(19-11)14(17)18/h3-8H,2H2,1H3,(H,15,16)(H,17,18). The molecule has 1 heterocycles. The minimum Gasteiger partial charge on any atom is -0.477 e. The number of aromatic carboxylic acids is 1. The van der Waals surface area contributed by atoms with Gasteiger partial charge in [-0.1, -0.05) is 12.1 Å². The van der Waals surface area contributed by atoms with Gasteiger partial charge >= 0.3 is 5.97 Å². The van der Waals surface area contributed by atoms with Crippen LogP contribution in [0.2, 0.25) is 0 Å². The van der Waals surface area contributed by atoms with Gasteiger partial charge in [-0.05, 0) is 36.8 Å². The van der Waals surface area contributed by atoms with E-state index in [4.69, 9.17) is 5.11 Å². The van der Waals surface area contributed by atoms with Gasteiger partial charge in [-0.2, -0.15) is 0 Å². The van der Waals surface area contributed by atoms with Crippen LogP contribution in [0.1, 0.15) is 27.0 Å². The largest absolute Gasteiger partial charge is 0.477 e. The average molecular weight is 275 g/mol. The number of rotatable bonds is 4. The molecule has 0 unspecified atom stereocenters. The van der Waals surface area contributed by atoms with Gasteiger partial charge in [0.05, 0.1) is 0 Å². The molecule has 0 aliphatic carbocycles. The summed E-state index contributed by atoms with van der Waals surface area (Å²) in [6, 6.07) is 10.5. The van der Waals surface area contributed by atoms with E-state index in [1.807, 2.05) is 13.0 Å². The Bertz CT molecular complexity index is 619. The molecule has 1 amide bonds. The Hall–Kier alpha value is -2.14. The topological polar surface area (TPSA) is 66.4 Å². The Morgan fingerprint density at radius 1 is 1.26 bits per heavy atom. The third-order valence-corrected chi connectivity index (χ3v) is 3.69. The minimum atomic E-state index is -0.934. The highest BCUT2D eigenvalue weighted by Gasteiger charge is 2.10. The third kappa shape index (κ3) is 3.00. The van der Waals surface area contributed by atoms with Gasteiger partial charge in [-0.15, -0.1) is 11.3 Å². The first-order chi connectivity index (χ1) is 9.11. The second-order valence-electron chi connectivity index (χ2n) is 3.91. The summed E-state index contributed by atoms with van der Waals surface area (Å²) in [4.78, 5) is 23.7. The van der Waals surface area contributed by atoms with Gasteiger partial charge in [-0.3, -0.25) is 4.79 Å².